The molecule has 0 radical (unpaired) electrons. The zero-order valence-corrected chi connectivity index (χ0v) is 8.75. The largest absolute Gasteiger partial charge is 0.476 e. The number of aromatic carboxylic acids is 1. The fourth-order valence-electron chi connectivity index (χ4n) is 1.09. The Hall–Kier alpha value is -2.31. The van der Waals surface area contributed by atoms with Gasteiger partial charge in [0.2, 0.25) is 0 Å². The predicted octanol–water partition coefficient (Wildman–Crippen LogP) is 0.372. The summed E-state index contributed by atoms with van der Waals surface area (Å²) in [6.45, 7) is 3.60. The molecule has 0 unspecified atom stereocenters. The van der Waals surface area contributed by atoms with Gasteiger partial charge in [-0.25, -0.2) is 14.5 Å². The number of aryl methyl sites for hydroxylation is 2. The number of rotatable bonds is 2. The van der Waals surface area contributed by atoms with Crippen molar-refractivity contribution in [3.8, 4) is 5.95 Å². The van der Waals surface area contributed by atoms with Gasteiger partial charge in [-0.05, 0) is 19.9 Å². The minimum atomic E-state index is -1.09. The maximum Gasteiger partial charge on any atom is 0.356 e. The quantitative estimate of drug-likeness (QED) is 0.784. The lowest BCUT2D eigenvalue weighted by atomic mass is 10.4. The lowest BCUT2D eigenvalue weighted by Gasteiger charge is -2.00. The molecule has 0 spiro atoms. The molecule has 0 amide bonds. The van der Waals surface area contributed by atoms with Crippen LogP contribution in [0.3, 0.4) is 0 Å². The van der Waals surface area contributed by atoms with Gasteiger partial charge in [-0.2, -0.15) is 10.2 Å². The van der Waals surface area contributed by atoms with Crippen molar-refractivity contribution in [3.05, 3.63) is 29.3 Å². The molecule has 0 aliphatic heterocycles. The third-order valence-electron chi connectivity index (χ3n) is 2.09. The van der Waals surface area contributed by atoms with Gasteiger partial charge in [0, 0.05) is 6.20 Å². The van der Waals surface area contributed by atoms with Crippen LogP contribution in [0, 0.1) is 13.8 Å². The molecule has 82 valence electrons. The van der Waals surface area contributed by atoms with E-state index in [1.807, 2.05) is 0 Å². The van der Waals surface area contributed by atoms with Crippen LogP contribution in [0.25, 0.3) is 5.95 Å². The highest BCUT2D eigenvalue weighted by Gasteiger charge is 2.10. The monoisotopic (exact) mass is 219 g/mol. The maximum atomic E-state index is 10.6. The van der Waals surface area contributed by atoms with E-state index < -0.39 is 5.97 Å². The van der Waals surface area contributed by atoms with Gasteiger partial charge >= 0.3 is 5.97 Å². The number of carboxylic acid groups (broad SMARTS) is 1. The van der Waals surface area contributed by atoms with Crippen LogP contribution in [0.15, 0.2) is 12.3 Å². The van der Waals surface area contributed by atoms with Gasteiger partial charge in [-0.1, -0.05) is 0 Å². The number of aromatic nitrogens is 5. The van der Waals surface area contributed by atoms with Crippen LogP contribution in [0.5, 0.6) is 0 Å². The molecule has 2 aromatic rings. The third kappa shape index (κ3) is 1.74. The molecular weight excluding hydrogens is 210 g/mol. The first-order valence-corrected chi connectivity index (χ1v) is 4.55. The van der Waals surface area contributed by atoms with E-state index in [1.54, 1.807) is 13.8 Å². The first-order valence-electron chi connectivity index (χ1n) is 4.55. The van der Waals surface area contributed by atoms with E-state index in [-0.39, 0.29) is 11.6 Å². The van der Waals surface area contributed by atoms with E-state index >= 15 is 0 Å². The predicted molar refractivity (Wildman–Crippen MR) is 53.4 cm³/mol. The molecule has 0 aromatic carbocycles. The highest BCUT2D eigenvalue weighted by Crippen LogP contribution is 2.04. The van der Waals surface area contributed by atoms with E-state index in [4.69, 9.17) is 5.11 Å². The van der Waals surface area contributed by atoms with Crippen molar-refractivity contribution in [3.63, 3.8) is 0 Å². The van der Waals surface area contributed by atoms with E-state index in [9.17, 15) is 4.79 Å². The summed E-state index contributed by atoms with van der Waals surface area (Å²) in [7, 11) is 0. The third-order valence-corrected chi connectivity index (χ3v) is 2.09. The van der Waals surface area contributed by atoms with Crippen LogP contribution in [-0.4, -0.2) is 36.0 Å². The molecule has 0 aliphatic rings. The van der Waals surface area contributed by atoms with Crippen LogP contribution in [-0.2, 0) is 0 Å². The molecule has 0 aliphatic carbocycles. The topological polar surface area (TPSA) is 93.8 Å². The summed E-state index contributed by atoms with van der Waals surface area (Å²) in [4.78, 5) is 14.8. The Kier molecular flexibility index (Phi) is 2.35. The average Bonchev–Trinajstić information content (AvgIpc) is 2.71. The van der Waals surface area contributed by atoms with E-state index in [2.05, 4.69) is 20.3 Å². The minimum Gasteiger partial charge on any atom is -0.476 e. The van der Waals surface area contributed by atoms with Crippen molar-refractivity contribution in [1.29, 1.82) is 0 Å². The molecule has 7 nitrogen and oxygen atoms in total. The molecule has 7 heteroatoms. The second-order valence-corrected chi connectivity index (χ2v) is 3.23. The maximum absolute atomic E-state index is 10.6. The van der Waals surface area contributed by atoms with Crippen molar-refractivity contribution in [2.45, 2.75) is 13.8 Å². The van der Waals surface area contributed by atoms with Gasteiger partial charge in [0.1, 0.15) is 0 Å². The summed E-state index contributed by atoms with van der Waals surface area (Å²) in [5, 5.41) is 20.2. The lowest BCUT2D eigenvalue weighted by Crippen LogP contribution is -2.08. The van der Waals surface area contributed by atoms with Gasteiger partial charge in [0.15, 0.2) is 5.69 Å². The molecule has 2 aromatic heterocycles. The second kappa shape index (κ2) is 3.69. The highest BCUT2D eigenvalue weighted by molar-refractivity contribution is 5.85. The SMILES string of the molecule is Cc1nnc(-n2ccc(C(=O)O)n2)nc1C. The number of nitrogens with zero attached hydrogens (tertiary/aromatic N) is 5. The molecule has 0 bridgehead atoms. The molecule has 0 saturated heterocycles. The van der Waals surface area contributed by atoms with Gasteiger partial charge in [0.25, 0.3) is 5.95 Å². The molecule has 1 N–H and O–H groups in total. The Morgan fingerprint density at radius 2 is 2.06 bits per heavy atom. The molecule has 0 saturated carbocycles. The summed E-state index contributed by atoms with van der Waals surface area (Å²) in [5.74, 6) is -0.828. The van der Waals surface area contributed by atoms with Crippen LogP contribution < -0.4 is 0 Å². The van der Waals surface area contributed by atoms with Gasteiger partial charge < -0.3 is 5.11 Å². The first kappa shape index (κ1) is 10.2. The molecular formula is C9H9N5O2. The Morgan fingerprint density at radius 1 is 1.31 bits per heavy atom. The van der Waals surface area contributed by atoms with Crippen LogP contribution in [0.1, 0.15) is 21.9 Å². The summed E-state index contributed by atoms with van der Waals surface area (Å²) >= 11 is 0. The van der Waals surface area contributed by atoms with Crippen molar-refractivity contribution in [2.75, 3.05) is 0 Å². The summed E-state index contributed by atoms with van der Waals surface area (Å²) in [6, 6.07) is 1.38. The Balaban J connectivity index is 2.42. The van der Waals surface area contributed by atoms with E-state index in [1.165, 1.54) is 16.9 Å². The Bertz CT molecular complexity index is 549. The molecule has 16 heavy (non-hydrogen) atoms. The lowest BCUT2D eigenvalue weighted by molar-refractivity contribution is 0.0690. The summed E-state index contributed by atoms with van der Waals surface area (Å²) in [6.07, 6.45) is 1.48. The zero-order chi connectivity index (χ0) is 11.7. The number of hydrogen-bond acceptors (Lipinski definition) is 5. The van der Waals surface area contributed by atoms with E-state index in [0.29, 0.717) is 0 Å². The average molecular weight is 219 g/mol. The standard InChI is InChI=1S/C9H9N5O2/c1-5-6(2)11-12-9(10-5)14-4-3-7(13-14)8(15)16/h3-4H,1-2H3,(H,15,16). The van der Waals surface area contributed by atoms with Crippen molar-refractivity contribution in [2.24, 2.45) is 0 Å². The first-order chi connectivity index (χ1) is 7.58. The normalized spacial score (nSPS) is 10.4. The number of carbonyl (C=O) groups is 1. The van der Waals surface area contributed by atoms with Crippen LogP contribution in [0.4, 0.5) is 0 Å². The minimum absolute atomic E-state index is 0.0539. The fourth-order valence-corrected chi connectivity index (χ4v) is 1.09. The van der Waals surface area contributed by atoms with Gasteiger partial charge in [-0.3, -0.25) is 0 Å². The Labute approximate surface area is 90.8 Å². The summed E-state index contributed by atoms with van der Waals surface area (Å²) < 4.78 is 1.28. The smallest absolute Gasteiger partial charge is 0.356 e. The Morgan fingerprint density at radius 3 is 2.62 bits per heavy atom. The van der Waals surface area contributed by atoms with Crippen molar-refractivity contribution in [1.82, 2.24) is 25.0 Å². The number of carboxylic acids is 1. The van der Waals surface area contributed by atoms with Crippen LogP contribution in [0.2, 0.25) is 0 Å². The zero-order valence-electron chi connectivity index (χ0n) is 8.75. The van der Waals surface area contributed by atoms with Gasteiger partial charge in [0.05, 0.1) is 11.4 Å². The molecule has 2 rings (SSSR count). The van der Waals surface area contributed by atoms with Crippen molar-refractivity contribution >= 4 is 5.97 Å². The van der Waals surface area contributed by atoms with Crippen LogP contribution >= 0.6 is 0 Å². The fraction of sp³-hybridized carbons (Fsp3) is 0.222. The molecule has 0 atom stereocenters. The van der Waals surface area contributed by atoms with Crippen molar-refractivity contribution < 1.29 is 9.90 Å². The van der Waals surface area contributed by atoms with E-state index in [0.717, 1.165) is 11.4 Å². The molecule has 0 fully saturated rings. The second-order valence-electron chi connectivity index (χ2n) is 3.23. The van der Waals surface area contributed by atoms with Gasteiger partial charge in [-0.15, -0.1) is 5.10 Å². The summed E-state index contributed by atoms with van der Waals surface area (Å²) in [5.41, 5.74) is 1.41. The highest BCUT2D eigenvalue weighted by atomic mass is 16.4. The molecule has 2 heterocycles. The number of hydrogen-bond donors (Lipinski definition) is 1.